The number of furan rings is 1. The molecule has 1 fully saturated rings. The Bertz CT molecular complexity index is 848. The van der Waals surface area contributed by atoms with Crippen molar-refractivity contribution in [2.45, 2.75) is 39.4 Å². The van der Waals surface area contributed by atoms with Gasteiger partial charge in [0.05, 0.1) is 12.2 Å². The van der Waals surface area contributed by atoms with Crippen molar-refractivity contribution in [3.05, 3.63) is 30.1 Å². The van der Waals surface area contributed by atoms with Gasteiger partial charge in [-0.25, -0.2) is 9.97 Å². The van der Waals surface area contributed by atoms with Crippen LogP contribution in [0, 0.1) is 0 Å². The number of nitrogens with zero attached hydrogens (tertiary/aromatic N) is 3. The van der Waals surface area contributed by atoms with Gasteiger partial charge in [-0.1, -0.05) is 19.1 Å². The zero-order chi connectivity index (χ0) is 16.0. The molecule has 0 spiro atoms. The predicted molar refractivity (Wildman–Crippen MR) is 90.9 cm³/mol. The Balaban J connectivity index is 1.94. The molecule has 1 aromatic carbocycles. The number of rotatable bonds is 2. The van der Waals surface area contributed by atoms with Crippen LogP contribution in [0.1, 0.15) is 26.6 Å². The summed E-state index contributed by atoms with van der Waals surface area (Å²) in [5, 5.41) is 1.05. The molecule has 120 valence electrons. The van der Waals surface area contributed by atoms with E-state index in [9.17, 15) is 0 Å². The number of morpholine rings is 1. The van der Waals surface area contributed by atoms with Crippen LogP contribution < -0.4 is 4.90 Å². The number of benzene rings is 1. The number of hydrogen-bond donors (Lipinski definition) is 0. The monoisotopic (exact) mass is 311 g/mol. The first-order chi connectivity index (χ1) is 11.2. The van der Waals surface area contributed by atoms with Gasteiger partial charge in [0.2, 0.25) is 0 Å². The summed E-state index contributed by atoms with van der Waals surface area (Å²) in [6.45, 7) is 7.91. The molecule has 0 saturated carbocycles. The van der Waals surface area contributed by atoms with Crippen molar-refractivity contribution in [3.63, 3.8) is 0 Å². The van der Waals surface area contributed by atoms with Crippen LogP contribution in [0.5, 0.6) is 0 Å². The minimum Gasteiger partial charge on any atom is -0.450 e. The largest absolute Gasteiger partial charge is 0.450 e. The first-order valence-electron chi connectivity index (χ1n) is 8.24. The summed E-state index contributed by atoms with van der Waals surface area (Å²) in [7, 11) is 0. The van der Waals surface area contributed by atoms with Crippen LogP contribution in [0.3, 0.4) is 0 Å². The van der Waals surface area contributed by atoms with Gasteiger partial charge in [-0.15, -0.1) is 0 Å². The van der Waals surface area contributed by atoms with E-state index in [0.717, 1.165) is 53.2 Å². The quantitative estimate of drug-likeness (QED) is 0.724. The van der Waals surface area contributed by atoms with Gasteiger partial charge in [-0.05, 0) is 26.0 Å². The fraction of sp³-hybridized carbons (Fsp3) is 0.444. The first-order valence-corrected chi connectivity index (χ1v) is 8.24. The fourth-order valence-corrected chi connectivity index (χ4v) is 3.34. The number of anilines is 1. The molecule has 1 saturated heterocycles. The van der Waals surface area contributed by atoms with Gasteiger partial charge < -0.3 is 14.1 Å². The van der Waals surface area contributed by atoms with E-state index in [1.165, 1.54) is 0 Å². The summed E-state index contributed by atoms with van der Waals surface area (Å²) >= 11 is 0. The lowest BCUT2D eigenvalue weighted by Crippen LogP contribution is -2.46. The molecule has 0 unspecified atom stereocenters. The van der Waals surface area contributed by atoms with Crippen molar-refractivity contribution in [1.82, 2.24) is 9.97 Å². The smallest absolute Gasteiger partial charge is 0.196 e. The fourth-order valence-electron chi connectivity index (χ4n) is 3.34. The predicted octanol–water partition coefficient (Wildman–Crippen LogP) is 3.55. The maximum atomic E-state index is 6.10. The molecular formula is C18H21N3O2. The lowest BCUT2D eigenvalue weighted by Gasteiger charge is -2.36. The highest BCUT2D eigenvalue weighted by Crippen LogP contribution is 2.34. The van der Waals surface area contributed by atoms with Crippen LogP contribution in [0.4, 0.5) is 5.82 Å². The SMILES string of the molecule is CCc1nc(N2C[C@H](C)O[C@@H](C)C2)c2oc3ccccc3c2n1. The number of fused-ring (bicyclic) bond motifs is 3. The Morgan fingerprint density at radius 3 is 2.61 bits per heavy atom. The molecule has 0 radical (unpaired) electrons. The zero-order valence-electron chi connectivity index (χ0n) is 13.7. The normalized spacial score (nSPS) is 22.1. The van der Waals surface area contributed by atoms with Crippen molar-refractivity contribution in [2.24, 2.45) is 0 Å². The third-order valence-electron chi connectivity index (χ3n) is 4.28. The summed E-state index contributed by atoms with van der Waals surface area (Å²) in [5.74, 6) is 1.75. The first kappa shape index (κ1) is 14.5. The number of aryl methyl sites for hydroxylation is 1. The van der Waals surface area contributed by atoms with Crippen LogP contribution in [-0.2, 0) is 11.2 Å². The molecule has 0 amide bonds. The summed E-state index contributed by atoms with van der Waals surface area (Å²) in [5.41, 5.74) is 2.56. The van der Waals surface area contributed by atoms with E-state index in [1.807, 2.05) is 18.2 Å². The molecule has 1 aliphatic heterocycles. The maximum Gasteiger partial charge on any atom is 0.196 e. The van der Waals surface area contributed by atoms with Crippen LogP contribution >= 0.6 is 0 Å². The van der Waals surface area contributed by atoms with E-state index >= 15 is 0 Å². The van der Waals surface area contributed by atoms with Gasteiger partial charge in [0.1, 0.15) is 16.9 Å². The third-order valence-corrected chi connectivity index (χ3v) is 4.28. The van der Waals surface area contributed by atoms with E-state index in [4.69, 9.17) is 19.1 Å². The van der Waals surface area contributed by atoms with Crippen molar-refractivity contribution in [3.8, 4) is 0 Å². The van der Waals surface area contributed by atoms with Gasteiger partial charge in [-0.2, -0.15) is 0 Å². The molecule has 2 aromatic heterocycles. The maximum absolute atomic E-state index is 6.10. The topological polar surface area (TPSA) is 51.4 Å². The molecule has 4 rings (SSSR count). The highest BCUT2D eigenvalue weighted by atomic mass is 16.5. The molecule has 0 bridgehead atoms. The minimum atomic E-state index is 0.179. The molecule has 0 N–H and O–H groups in total. The molecule has 23 heavy (non-hydrogen) atoms. The van der Waals surface area contributed by atoms with Crippen LogP contribution in [-0.4, -0.2) is 35.3 Å². The summed E-state index contributed by atoms with van der Waals surface area (Å²) in [6, 6.07) is 8.04. The highest BCUT2D eigenvalue weighted by molar-refractivity contribution is 6.05. The molecule has 3 heterocycles. The van der Waals surface area contributed by atoms with Gasteiger partial charge in [0.15, 0.2) is 11.4 Å². The zero-order valence-corrected chi connectivity index (χ0v) is 13.7. The average Bonchev–Trinajstić information content (AvgIpc) is 2.91. The Labute approximate surface area is 135 Å². The van der Waals surface area contributed by atoms with Crippen molar-refractivity contribution in [1.29, 1.82) is 0 Å². The minimum absolute atomic E-state index is 0.179. The highest BCUT2D eigenvalue weighted by Gasteiger charge is 2.27. The van der Waals surface area contributed by atoms with Crippen LogP contribution in [0.2, 0.25) is 0 Å². The second kappa shape index (κ2) is 5.49. The Kier molecular flexibility index (Phi) is 3.45. The van der Waals surface area contributed by atoms with E-state index in [-0.39, 0.29) is 12.2 Å². The van der Waals surface area contributed by atoms with Gasteiger partial charge in [0.25, 0.3) is 0 Å². The number of hydrogen-bond acceptors (Lipinski definition) is 5. The standard InChI is InChI=1S/C18H21N3O2/c1-4-15-19-16-13-7-5-6-8-14(13)23-17(16)18(20-15)21-9-11(2)22-12(3)10-21/h5-8,11-12H,4,9-10H2,1-3H3/t11-,12-/m0/s1. The Hall–Kier alpha value is -2.14. The number of aromatic nitrogens is 2. The van der Waals surface area contributed by atoms with Crippen molar-refractivity contribution >= 4 is 27.9 Å². The van der Waals surface area contributed by atoms with E-state index in [1.54, 1.807) is 0 Å². The molecule has 5 heteroatoms. The van der Waals surface area contributed by atoms with E-state index < -0.39 is 0 Å². The summed E-state index contributed by atoms with van der Waals surface area (Å²) in [6.07, 6.45) is 1.16. The lowest BCUT2D eigenvalue weighted by molar-refractivity contribution is -0.00542. The molecule has 5 nitrogen and oxygen atoms in total. The van der Waals surface area contributed by atoms with Crippen LogP contribution in [0.25, 0.3) is 22.1 Å². The van der Waals surface area contributed by atoms with E-state index in [0.29, 0.717) is 0 Å². The Morgan fingerprint density at radius 2 is 1.87 bits per heavy atom. The third kappa shape index (κ3) is 2.45. The van der Waals surface area contributed by atoms with Gasteiger partial charge in [0, 0.05) is 24.9 Å². The summed E-state index contributed by atoms with van der Waals surface area (Å²) in [4.78, 5) is 11.8. The van der Waals surface area contributed by atoms with E-state index in [2.05, 4.69) is 31.7 Å². The molecule has 3 aromatic rings. The summed E-state index contributed by atoms with van der Waals surface area (Å²) < 4.78 is 11.9. The number of ether oxygens (including phenoxy) is 1. The number of para-hydroxylation sites is 1. The molecule has 0 aliphatic carbocycles. The second-order valence-corrected chi connectivity index (χ2v) is 6.26. The van der Waals surface area contributed by atoms with Gasteiger partial charge in [-0.3, -0.25) is 0 Å². The van der Waals surface area contributed by atoms with Gasteiger partial charge >= 0.3 is 0 Å². The average molecular weight is 311 g/mol. The van der Waals surface area contributed by atoms with Crippen molar-refractivity contribution in [2.75, 3.05) is 18.0 Å². The molecule has 2 atom stereocenters. The second-order valence-electron chi connectivity index (χ2n) is 6.26. The molecule has 1 aliphatic rings. The van der Waals surface area contributed by atoms with Crippen LogP contribution in [0.15, 0.2) is 28.7 Å². The lowest BCUT2D eigenvalue weighted by atomic mass is 10.2. The van der Waals surface area contributed by atoms with Crippen molar-refractivity contribution < 1.29 is 9.15 Å². The Morgan fingerprint density at radius 1 is 1.13 bits per heavy atom. The molecular weight excluding hydrogens is 290 g/mol.